The van der Waals surface area contributed by atoms with E-state index in [9.17, 15) is 0 Å². The van der Waals surface area contributed by atoms with Gasteiger partial charge in [-0.2, -0.15) is 0 Å². The van der Waals surface area contributed by atoms with Gasteiger partial charge < -0.3 is 19.7 Å². The van der Waals surface area contributed by atoms with Gasteiger partial charge in [0.05, 0.1) is 12.7 Å². The fourth-order valence-electron chi connectivity index (χ4n) is 4.18. The van der Waals surface area contributed by atoms with Gasteiger partial charge >= 0.3 is 0 Å². The summed E-state index contributed by atoms with van der Waals surface area (Å²) in [7, 11) is 1.67. The highest BCUT2D eigenvalue weighted by atomic mass is 32.1. The van der Waals surface area contributed by atoms with Crippen LogP contribution in [0.3, 0.4) is 0 Å². The third-order valence-corrected chi connectivity index (χ3v) is 5.62. The third kappa shape index (κ3) is 3.38. The number of ether oxygens (including phenoxy) is 2. The van der Waals surface area contributed by atoms with E-state index in [-0.39, 0.29) is 11.1 Å². The Morgan fingerprint density at radius 2 is 1.93 bits per heavy atom. The molecule has 1 atom stereocenters. The minimum absolute atomic E-state index is 0.283. The summed E-state index contributed by atoms with van der Waals surface area (Å²) in [4.78, 5) is 6.97. The predicted octanol–water partition coefficient (Wildman–Crippen LogP) is 4.64. The van der Waals surface area contributed by atoms with E-state index in [4.69, 9.17) is 26.7 Å². The van der Waals surface area contributed by atoms with Crippen LogP contribution in [0.25, 0.3) is 0 Å². The molecule has 1 spiro atoms. The molecule has 2 aromatic rings. The van der Waals surface area contributed by atoms with E-state index in [1.54, 1.807) is 7.11 Å². The van der Waals surface area contributed by atoms with E-state index < -0.39 is 0 Å². The van der Waals surface area contributed by atoms with Crippen LogP contribution in [-0.4, -0.2) is 35.8 Å². The summed E-state index contributed by atoms with van der Waals surface area (Å²) in [5.74, 6) is 1.68. The van der Waals surface area contributed by atoms with Crippen molar-refractivity contribution in [1.82, 2.24) is 0 Å². The summed E-state index contributed by atoms with van der Waals surface area (Å²) in [5, 5.41) is 4.09. The summed E-state index contributed by atoms with van der Waals surface area (Å²) in [5.41, 5.74) is 1.31. The SMILES string of the molecule is COc1cccc(N2C(=S)N=C(Nc3ccccc3)[C@]23CCOC(C)(C)C3)c1. The smallest absolute Gasteiger partial charge is 0.202 e. The number of para-hydroxylation sites is 1. The molecule has 0 aromatic heterocycles. The van der Waals surface area contributed by atoms with Gasteiger partial charge in [0.2, 0.25) is 5.11 Å². The van der Waals surface area contributed by atoms with Crippen molar-refractivity contribution in [1.29, 1.82) is 0 Å². The van der Waals surface area contributed by atoms with Crippen LogP contribution in [0.4, 0.5) is 11.4 Å². The number of benzene rings is 2. The van der Waals surface area contributed by atoms with Crippen LogP contribution >= 0.6 is 12.2 Å². The van der Waals surface area contributed by atoms with Crippen molar-refractivity contribution in [2.24, 2.45) is 4.99 Å². The minimum atomic E-state index is -0.388. The van der Waals surface area contributed by atoms with Gasteiger partial charge in [0, 0.05) is 36.9 Å². The molecule has 0 unspecified atom stereocenters. The van der Waals surface area contributed by atoms with Crippen molar-refractivity contribution in [3.63, 3.8) is 0 Å². The Labute approximate surface area is 171 Å². The highest BCUT2D eigenvalue weighted by molar-refractivity contribution is 7.80. The molecule has 1 fully saturated rings. The standard InChI is InChI=1S/C22H25N3O2S/c1-21(2)15-22(12-13-27-21)19(23-16-8-5-4-6-9-16)24-20(28)25(22)17-10-7-11-18(14-17)26-3/h4-11,14H,12-13,15H2,1-3H3,(H,23,24,28)/t22-/m1/s1. The van der Waals surface area contributed by atoms with Crippen LogP contribution in [0.5, 0.6) is 5.75 Å². The van der Waals surface area contributed by atoms with Crippen LogP contribution in [0, 0.1) is 0 Å². The molecule has 5 nitrogen and oxygen atoms in total. The Morgan fingerprint density at radius 3 is 2.64 bits per heavy atom. The maximum atomic E-state index is 6.04. The number of aliphatic imine (C=N–C) groups is 1. The van der Waals surface area contributed by atoms with Gasteiger partial charge in [0.15, 0.2) is 0 Å². The second kappa shape index (κ2) is 7.18. The zero-order valence-electron chi connectivity index (χ0n) is 16.4. The van der Waals surface area contributed by atoms with E-state index in [1.807, 2.05) is 48.5 Å². The van der Waals surface area contributed by atoms with Gasteiger partial charge in [-0.3, -0.25) is 0 Å². The first-order valence-electron chi connectivity index (χ1n) is 9.47. The molecule has 28 heavy (non-hydrogen) atoms. The topological polar surface area (TPSA) is 46.1 Å². The van der Waals surface area contributed by atoms with Crippen molar-refractivity contribution in [3.05, 3.63) is 54.6 Å². The molecule has 2 aliphatic rings. The second-order valence-corrected chi connectivity index (χ2v) is 8.20. The number of nitrogens with one attached hydrogen (secondary N) is 1. The van der Waals surface area contributed by atoms with E-state index in [2.05, 4.69) is 30.1 Å². The van der Waals surface area contributed by atoms with Crippen molar-refractivity contribution in [3.8, 4) is 5.75 Å². The normalized spacial score (nSPS) is 23.6. The molecule has 0 saturated carbocycles. The predicted molar refractivity (Wildman–Crippen MR) is 118 cm³/mol. The molecule has 2 aromatic carbocycles. The summed E-state index contributed by atoms with van der Waals surface area (Å²) in [6.07, 6.45) is 1.57. The van der Waals surface area contributed by atoms with E-state index in [0.29, 0.717) is 11.7 Å². The molecule has 1 N–H and O–H groups in total. The van der Waals surface area contributed by atoms with Gasteiger partial charge in [-0.15, -0.1) is 0 Å². The summed E-state index contributed by atoms with van der Waals surface area (Å²) in [6.45, 7) is 4.89. The van der Waals surface area contributed by atoms with Gasteiger partial charge in [-0.25, -0.2) is 4.99 Å². The first-order valence-corrected chi connectivity index (χ1v) is 9.88. The van der Waals surface area contributed by atoms with Crippen molar-refractivity contribution < 1.29 is 9.47 Å². The number of amidine groups is 1. The lowest BCUT2D eigenvalue weighted by Crippen LogP contribution is -2.60. The van der Waals surface area contributed by atoms with Crippen LogP contribution in [-0.2, 0) is 4.74 Å². The summed E-state index contributed by atoms with van der Waals surface area (Å²) < 4.78 is 11.5. The van der Waals surface area contributed by atoms with Crippen molar-refractivity contribution >= 4 is 34.5 Å². The maximum absolute atomic E-state index is 6.04. The lowest BCUT2D eigenvalue weighted by atomic mass is 9.79. The van der Waals surface area contributed by atoms with Gasteiger partial charge in [0.25, 0.3) is 0 Å². The fraction of sp³-hybridized carbons (Fsp3) is 0.364. The molecule has 2 aliphatic heterocycles. The molecule has 1 saturated heterocycles. The van der Waals surface area contributed by atoms with Gasteiger partial charge in [0.1, 0.15) is 17.1 Å². The Morgan fingerprint density at radius 1 is 1.14 bits per heavy atom. The Balaban J connectivity index is 1.78. The molecule has 0 bridgehead atoms. The average Bonchev–Trinajstić information content (AvgIpc) is 2.92. The number of rotatable bonds is 3. The first-order chi connectivity index (χ1) is 13.4. The van der Waals surface area contributed by atoms with Crippen LogP contribution in [0.2, 0.25) is 0 Å². The molecular weight excluding hydrogens is 370 g/mol. The van der Waals surface area contributed by atoms with Crippen LogP contribution in [0.1, 0.15) is 26.7 Å². The Kier molecular flexibility index (Phi) is 4.85. The number of nitrogens with zero attached hydrogens (tertiary/aromatic N) is 2. The largest absolute Gasteiger partial charge is 0.497 e. The Hall–Kier alpha value is -2.44. The van der Waals surface area contributed by atoms with Gasteiger partial charge in [-0.05, 0) is 50.3 Å². The molecule has 0 aliphatic carbocycles. The summed E-state index contributed by atoms with van der Waals surface area (Å²) >= 11 is 5.74. The Bertz CT molecular complexity index is 913. The maximum Gasteiger partial charge on any atom is 0.202 e. The summed E-state index contributed by atoms with van der Waals surface area (Å²) in [6, 6.07) is 18.1. The molecular formula is C22H25N3O2S. The van der Waals surface area contributed by atoms with E-state index in [0.717, 1.165) is 35.8 Å². The quantitative estimate of drug-likeness (QED) is 0.767. The number of thiocarbonyl (C=S) groups is 1. The lowest BCUT2D eigenvalue weighted by Gasteiger charge is -2.48. The number of anilines is 2. The number of hydrogen-bond acceptors (Lipinski definition) is 4. The molecule has 4 rings (SSSR count). The monoisotopic (exact) mass is 395 g/mol. The second-order valence-electron chi connectivity index (χ2n) is 7.84. The number of methoxy groups -OCH3 is 1. The average molecular weight is 396 g/mol. The number of hydrogen-bond donors (Lipinski definition) is 1. The van der Waals surface area contributed by atoms with Crippen LogP contribution in [0.15, 0.2) is 59.6 Å². The van der Waals surface area contributed by atoms with Crippen molar-refractivity contribution in [2.45, 2.75) is 37.8 Å². The van der Waals surface area contributed by atoms with Gasteiger partial charge in [-0.1, -0.05) is 24.3 Å². The lowest BCUT2D eigenvalue weighted by molar-refractivity contribution is -0.0661. The molecule has 2 heterocycles. The highest BCUT2D eigenvalue weighted by Gasteiger charge is 2.53. The first kappa shape index (κ1) is 18.9. The zero-order valence-corrected chi connectivity index (χ0v) is 17.3. The molecule has 0 amide bonds. The zero-order chi connectivity index (χ0) is 19.8. The van der Waals surface area contributed by atoms with Crippen molar-refractivity contribution in [2.75, 3.05) is 23.9 Å². The highest BCUT2D eigenvalue weighted by Crippen LogP contribution is 2.44. The van der Waals surface area contributed by atoms with E-state index >= 15 is 0 Å². The minimum Gasteiger partial charge on any atom is -0.497 e. The van der Waals surface area contributed by atoms with Crippen LogP contribution < -0.4 is 15.0 Å². The third-order valence-electron chi connectivity index (χ3n) is 5.34. The molecule has 146 valence electrons. The molecule has 6 heteroatoms. The molecule has 0 radical (unpaired) electrons. The fourth-order valence-corrected chi connectivity index (χ4v) is 4.55. The van der Waals surface area contributed by atoms with E-state index in [1.165, 1.54) is 0 Å².